The van der Waals surface area contributed by atoms with Crippen molar-refractivity contribution in [2.24, 2.45) is 5.10 Å². The number of benzene rings is 2. The van der Waals surface area contributed by atoms with Gasteiger partial charge in [-0.25, -0.2) is 5.43 Å². The normalized spacial score (nSPS) is 10.5. The fourth-order valence-electron chi connectivity index (χ4n) is 2.03. The number of hydrogen-bond acceptors (Lipinski definition) is 5. The van der Waals surface area contributed by atoms with E-state index in [0.717, 1.165) is 0 Å². The van der Waals surface area contributed by atoms with E-state index in [9.17, 15) is 14.7 Å². The lowest BCUT2D eigenvalue weighted by Gasteiger charge is -2.06. The van der Waals surface area contributed by atoms with Gasteiger partial charge in [-0.1, -0.05) is 18.2 Å². The number of rotatable bonds is 7. The maximum Gasteiger partial charge on any atom is 0.240 e. The molecule has 0 heterocycles. The molecule has 0 aliphatic rings. The van der Waals surface area contributed by atoms with Crippen molar-refractivity contribution in [3.63, 3.8) is 0 Å². The van der Waals surface area contributed by atoms with Crippen LogP contribution in [0.25, 0.3) is 0 Å². The maximum atomic E-state index is 11.8. The topological polar surface area (TPSA) is 100 Å². The smallest absolute Gasteiger partial charge is 0.240 e. The van der Waals surface area contributed by atoms with Crippen molar-refractivity contribution in [2.45, 2.75) is 12.8 Å². The zero-order valence-electron chi connectivity index (χ0n) is 14.0. The number of amides is 2. The molecule has 0 unspecified atom stereocenters. The number of carbonyl (C=O) groups is 2. The number of aromatic hydroxyl groups is 1. The Bertz CT molecular complexity index is 810. The van der Waals surface area contributed by atoms with E-state index < -0.39 is 0 Å². The number of para-hydroxylation sites is 1. The first-order chi connectivity index (χ1) is 12.5. The highest BCUT2D eigenvalue weighted by atomic mass is 79.9. The molecule has 0 aliphatic heterocycles. The van der Waals surface area contributed by atoms with Gasteiger partial charge in [0, 0.05) is 18.5 Å². The van der Waals surface area contributed by atoms with Gasteiger partial charge >= 0.3 is 0 Å². The summed E-state index contributed by atoms with van der Waals surface area (Å²) in [4.78, 5) is 23.5. The van der Waals surface area contributed by atoms with E-state index in [-0.39, 0.29) is 36.2 Å². The molecule has 0 fully saturated rings. The summed E-state index contributed by atoms with van der Waals surface area (Å²) in [6, 6.07) is 12.2. The number of methoxy groups -OCH3 is 1. The average molecular weight is 420 g/mol. The number of nitrogens with one attached hydrogen (secondary N) is 2. The second-order valence-electron chi connectivity index (χ2n) is 5.26. The molecule has 0 radical (unpaired) electrons. The van der Waals surface area contributed by atoms with E-state index in [4.69, 9.17) is 4.74 Å². The molecule has 0 atom stereocenters. The van der Waals surface area contributed by atoms with Gasteiger partial charge in [-0.15, -0.1) is 0 Å². The molecule has 0 aromatic heterocycles. The van der Waals surface area contributed by atoms with Gasteiger partial charge in [0.1, 0.15) is 0 Å². The summed E-state index contributed by atoms with van der Waals surface area (Å²) in [6.45, 7) is 0. The lowest BCUT2D eigenvalue weighted by atomic mass is 10.2. The number of ether oxygens (including phenoxy) is 1. The molecule has 26 heavy (non-hydrogen) atoms. The number of hydrogen-bond donors (Lipinski definition) is 3. The molecule has 2 rings (SSSR count). The molecule has 136 valence electrons. The molecule has 0 saturated heterocycles. The number of phenolic OH excluding ortho intramolecular Hbond substituents is 1. The molecule has 2 amide bonds. The Morgan fingerprint density at radius 2 is 1.88 bits per heavy atom. The lowest BCUT2D eigenvalue weighted by Crippen LogP contribution is -2.20. The van der Waals surface area contributed by atoms with Gasteiger partial charge in [0.15, 0.2) is 11.5 Å². The van der Waals surface area contributed by atoms with Gasteiger partial charge in [0.05, 0.1) is 17.8 Å². The molecule has 0 bridgehead atoms. The monoisotopic (exact) mass is 419 g/mol. The fraction of sp³-hybridized carbons (Fsp3) is 0.167. The molecule has 2 aromatic carbocycles. The van der Waals surface area contributed by atoms with E-state index >= 15 is 0 Å². The Balaban J connectivity index is 1.80. The van der Waals surface area contributed by atoms with Crippen LogP contribution in [0.4, 0.5) is 5.69 Å². The van der Waals surface area contributed by atoms with Crippen molar-refractivity contribution in [1.29, 1.82) is 0 Å². The molecule has 7 nitrogen and oxygen atoms in total. The third kappa shape index (κ3) is 5.89. The van der Waals surface area contributed by atoms with Crippen LogP contribution in [0.15, 0.2) is 52.0 Å². The summed E-state index contributed by atoms with van der Waals surface area (Å²) < 4.78 is 5.48. The molecule has 0 spiro atoms. The second-order valence-corrected chi connectivity index (χ2v) is 6.12. The quantitative estimate of drug-likeness (QED) is 0.474. The third-order valence-electron chi connectivity index (χ3n) is 3.31. The second kappa shape index (κ2) is 9.57. The molecule has 3 N–H and O–H groups in total. The largest absolute Gasteiger partial charge is 0.503 e. The first kappa shape index (κ1) is 19.5. The van der Waals surface area contributed by atoms with E-state index in [2.05, 4.69) is 31.8 Å². The van der Waals surface area contributed by atoms with Gasteiger partial charge in [0.2, 0.25) is 11.8 Å². The Kier molecular flexibility index (Phi) is 7.16. The minimum absolute atomic E-state index is 0.0125. The predicted octanol–water partition coefficient (Wildman–Crippen LogP) is 3.03. The van der Waals surface area contributed by atoms with Gasteiger partial charge < -0.3 is 15.2 Å². The van der Waals surface area contributed by atoms with Gasteiger partial charge in [0.25, 0.3) is 0 Å². The van der Waals surface area contributed by atoms with Crippen molar-refractivity contribution in [1.82, 2.24) is 5.43 Å². The van der Waals surface area contributed by atoms with Crippen LogP contribution in [0.5, 0.6) is 11.5 Å². The van der Waals surface area contributed by atoms with Crippen molar-refractivity contribution >= 4 is 39.6 Å². The summed E-state index contributed by atoms with van der Waals surface area (Å²) in [5, 5.41) is 16.3. The first-order valence-corrected chi connectivity index (χ1v) is 8.52. The summed E-state index contributed by atoms with van der Waals surface area (Å²) in [5.41, 5.74) is 3.66. The fourth-order valence-corrected chi connectivity index (χ4v) is 2.49. The Labute approximate surface area is 159 Å². The van der Waals surface area contributed by atoms with E-state index in [1.165, 1.54) is 13.3 Å². The highest BCUT2D eigenvalue weighted by Gasteiger charge is 2.08. The van der Waals surface area contributed by atoms with Gasteiger partial charge in [-0.05, 0) is 45.8 Å². The van der Waals surface area contributed by atoms with Crippen molar-refractivity contribution in [3.8, 4) is 11.5 Å². The summed E-state index contributed by atoms with van der Waals surface area (Å²) in [6.07, 6.45) is 1.47. The Hall–Kier alpha value is -2.87. The lowest BCUT2D eigenvalue weighted by molar-refractivity contribution is -0.124. The molecule has 2 aromatic rings. The molecule has 8 heteroatoms. The number of phenols is 1. The van der Waals surface area contributed by atoms with Crippen molar-refractivity contribution in [2.75, 3.05) is 12.4 Å². The average Bonchev–Trinajstić information content (AvgIpc) is 2.63. The van der Waals surface area contributed by atoms with Crippen LogP contribution in [0.3, 0.4) is 0 Å². The van der Waals surface area contributed by atoms with Crippen LogP contribution in [0.1, 0.15) is 18.4 Å². The Morgan fingerprint density at radius 3 is 2.58 bits per heavy atom. The van der Waals surface area contributed by atoms with Crippen LogP contribution in [-0.2, 0) is 9.59 Å². The molecular formula is C18H18BrN3O4. The van der Waals surface area contributed by atoms with Crippen molar-refractivity contribution in [3.05, 3.63) is 52.5 Å². The third-order valence-corrected chi connectivity index (χ3v) is 3.91. The van der Waals surface area contributed by atoms with Crippen LogP contribution >= 0.6 is 15.9 Å². The van der Waals surface area contributed by atoms with Crippen molar-refractivity contribution < 1.29 is 19.4 Å². The van der Waals surface area contributed by atoms with Gasteiger partial charge in [-0.3, -0.25) is 9.59 Å². The van der Waals surface area contributed by atoms with Crippen LogP contribution in [-0.4, -0.2) is 30.2 Å². The van der Waals surface area contributed by atoms with Crippen LogP contribution < -0.4 is 15.5 Å². The summed E-state index contributed by atoms with van der Waals surface area (Å²) in [7, 11) is 1.44. The number of hydrazone groups is 1. The molecule has 0 saturated carbocycles. The number of anilines is 1. The van der Waals surface area contributed by atoms with Crippen LogP contribution in [0, 0.1) is 0 Å². The Morgan fingerprint density at radius 1 is 1.19 bits per heavy atom. The van der Waals surface area contributed by atoms with E-state index in [0.29, 0.717) is 15.7 Å². The summed E-state index contributed by atoms with van der Waals surface area (Å²) >= 11 is 3.20. The zero-order chi connectivity index (χ0) is 18.9. The predicted molar refractivity (Wildman–Crippen MR) is 102 cm³/mol. The minimum Gasteiger partial charge on any atom is -0.503 e. The first-order valence-electron chi connectivity index (χ1n) is 7.73. The number of nitrogens with zero attached hydrogens (tertiary/aromatic N) is 1. The SMILES string of the molecule is COc1cc(C=NNC(=O)CCC(=O)Nc2ccccc2)cc(Br)c1O. The standard InChI is InChI=1S/C18H18BrN3O4/c1-26-15-10-12(9-14(19)18(15)25)11-20-22-17(24)8-7-16(23)21-13-5-3-2-4-6-13/h2-6,9-11,25H,7-8H2,1H3,(H,21,23)(H,22,24). The number of halogens is 1. The van der Waals surface area contributed by atoms with Gasteiger partial charge in [-0.2, -0.15) is 5.10 Å². The molecule has 0 aliphatic carbocycles. The number of carbonyl (C=O) groups excluding carboxylic acids is 2. The molecular weight excluding hydrogens is 402 g/mol. The highest BCUT2D eigenvalue weighted by Crippen LogP contribution is 2.34. The zero-order valence-corrected chi connectivity index (χ0v) is 15.6. The maximum absolute atomic E-state index is 11.8. The van der Waals surface area contributed by atoms with E-state index in [1.54, 1.807) is 24.3 Å². The summed E-state index contributed by atoms with van der Waals surface area (Å²) in [5.74, 6) is -0.361. The highest BCUT2D eigenvalue weighted by molar-refractivity contribution is 9.10. The van der Waals surface area contributed by atoms with Crippen LogP contribution in [0.2, 0.25) is 0 Å². The van der Waals surface area contributed by atoms with E-state index in [1.807, 2.05) is 18.2 Å². The minimum atomic E-state index is -0.380.